The van der Waals surface area contributed by atoms with E-state index in [4.69, 9.17) is 0 Å². The summed E-state index contributed by atoms with van der Waals surface area (Å²) < 4.78 is 0. The first-order valence-corrected chi connectivity index (χ1v) is 3.39. The molecule has 64 valence electrons. The fourth-order valence-electron chi connectivity index (χ4n) is 0.776. The van der Waals surface area contributed by atoms with Crippen LogP contribution in [-0.4, -0.2) is 12.2 Å². The molecule has 13 heavy (non-hydrogen) atoms. The Morgan fingerprint density at radius 2 is 1.54 bits per heavy atom. The van der Waals surface area contributed by atoms with E-state index >= 15 is 0 Å². The molecule has 0 saturated heterocycles. The smallest absolute Gasteiger partial charge is 0.209 e. The molecule has 0 aliphatic carbocycles. The molecular formula is C8H5N3O2. The molecule has 0 N–H and O–H groups in total. The first-order valence-electron chi connectivity index (χ1n) is 3.39. The lowest BCUT2D eigenvalue weighted by Crippen LogP contribution is -2.05. The average molecular weight is 175 g/mol. The number of rotatable bonds is 3. The van der Waals surface area contributed by atoms with Crippen LogP contribution in [0.25, 0.3) is 0 Å². The van der Waals surface area contributed by atoms with Gasteiger partial charge < -0.3 is 0 Å². The van der Waals surface area contributed by atoms with E-state index in [1.165, 1.54) is 12.2 Å². The van der Waals surface area contributed by atoms with Crippen LogP contribution in [0.15, 0.2) is 40.5 Å². The monoisotopic (exact) mass is 175 g/mol. The van der Waals surface area contributed by atoms with Crippen LogP contribution in [0, 0.1) is 0 Å². The Hall–Kier alpha value is -2.22. The number of anilines is 1. The van der Waals surface area contributed by atoms with Crippen molar-refractivity contribution in [3.63, 3.8) is 0 Å². The van der Waals surface area contributed by atoms with Crippen LogP contribution < -0.4 is 5.12 Å². The van der Waals surface area contributed by atoms with Gasteiger partial charge in [-0.3, -0.25) is 0 Å². The number of isocyanates is 2. The molecule has 0 atom stereocenters. The molecule has 0 aromatic heterocycles. The van der Waals surface area contributed by atoms with E-state index in [0.717, 1.165) is 5.12 Å². The third kappa shape index (κ3) is 2.38. The van der Waals surface area contributed by atoms with Crippen molar-refractivity contribution in [3.05, 3.63) is 30.3 Å². The van der Waals surface area contributed by atoms with Gasteiger partial charge in [-0.15, -0.1) is 5.12 Å². The first-order chi connectivity index (χ1) is 6.38. The molecule has 1 aromatic carbocycles. The van der Waals surface area contributed by atoms with E-state index in [1.807, 2.05) is 0 Å². The molecule has 0 aliphatic heterocycles. The van der Waals surface area contributed by atoms with Gasteiger partial charge in [0.1, 0.15) is 0 Å². The van der Waals surface area contributed by atoms with Crippen molar-refractivity contribution in [3.8, 4) is 0 Å². The van der Waals surface area contributed by atoms with Crippen LogP contribution in [0.2, 0.25) is 0 Å². The van der Waals surface area contributed by atoms with Crippen molar-refractivity contribution in [2.75, 3.05) is 5.12 Å². The second kappa shape index (κ2) is 4.62. The van der Waals surface area contributed by atoms with Gasteiger partial charge in [0.15, 0.2) is 0 Å². The maximum Gasteiger partial charge on any atom is 0.260 e. The van der Waals surface area contributed by atoms with E-state index in [-0.39, 0.29) is 0 Å². The van der Waals surface area contributed by atoms with Gasteiger partial charge in [-0.2, -0.15) is 0 Å². The molecule has 1 rings (SSSR count). The standard InChI is InChI=1S/C8H5N3O2/c12-6-9-11(10-7-13)8-4-2-1-3-5-8/h1-5H. The topological polar surface area (TPSA) is 62.1 Å². The van der Waals surface area contributed by atoms with E-state index in [0.29, 0.717) is 5.69 Å². The van der Waals surface area contributed by atoms with Crippen molar-refractivity contribution in [1.82, 2.24) is 0 Å². The average Bonchev–Trinajstić information content (AvgIpc) is 2.19. The number of carbonyl (C=O) groups excluding carboxylic acids is 2. The minimum Gasteiger partial charge on any atom is -0.209 e. The minimum absolute atomic E-state index is 0.495. The van der Waals surface area contributed by atoms with Crippen LogP contribution in [0.5, 0.6) is 0 Å². The third-order valence-corrected chi connectivity index (χ3v) is 1.26. The highest BCUT2D eigenvalue weighted by atomic mass is 16.1. The summed E-state index contributed by atoms with van der Waals surface area (Å²) in [5.74, 6) is 0. The minimum atomic E-state index is 0.495. The van der Waals surface area contributed by atoms with Gasteiger partial charge in [0.2, 0.25) is 0 Å². The zero-order valence-electron chi connectivity index (χ0n) is 6.54. The molecule has 0 amide bonds. The van der Waals surface area contributed by atoms with Gasteiger partial charge in [-0.25, -0.2) is 9.59 Å². The molecule has 0 saturated carbocycles. The summed E-state index contributed by atoms with van der Waals surface area (Å²) in [5.41, 5.74) is 0.495. The maximum atomic E-state index is 9.94. The lowest BCUT2D eigenvalue weighted by Gasteiger charge is -2.06. The van der Waals surface area contributed by atoms with Crippen molar-refractivity contribution >= 4 is 17.8 Å². The predicted octanol–water partition coefficient (Wildman–Crippen LogP) is 0.995. The summed E-state index contributed by atoms with van der Waals surface area (Å²) in [4.78, 5) is 19.9. The number of para-hydroxylation sites is 1. The fourth-order valence-corrected chi connectivity index (χ4v) is 0.776. The van der Waals surface area contributed by atoms with Gasteiger partial charge >= 0.3 is 0 Å². The first kappa shape index (κ1) is 8.87. The van der Waals surface area contributed by atoms with Crippen molar-refractivity contribution in [2.45, 2.75) is 0 Å². The molecule has 0 aliphatic rings. The highest BCUT2D eigenvalue weighted by molar-refractivity contribution is 5.50. The van der Waals surface area contributed by atoms with Crippen molar-refractivity contribution in [2.24, 2.45) is 10.2 Å². The van der Waals surface area contributed by atoms with Crippen LogP contribution >= 0.6 is 0 Å². The second-order valence-electron chi connectivity index (χ2n) is 2.01. The van der Waals surface area contributed by atoms with E-state index in [9.17, 15) is 9.59 Å². The lowest BCUT2D eigenvalue weighted by atomic mass is 10.3. The summed E-state index contributed by atoms with van der Waals surface area (Å²) in [6.45, 7) is 0. The summed E-state index contributed by atoms with van der Waals surface area (Å²) in [6, 6.07) is 8.52. The van der Waals surface area contributed by atoms with Gasteiger partial charge in [0.25, 0.3) is 12.2 Å². The van der Waals surface area contributed by atoms with Gasteiger partial charge in [-0.05, 0) is 12.1 Å². The summed E-state index contributed by atoms with van der Waals surface area (Å²) in [6.07, 6.45) is 2.56. The molecule has 5 nitrogen and oxygen atoms in total. The number of hydrogen-bond acceptors (Lipinski definition) is 5. The Morgan fingerprint density at radius 3 is 2.00 bits per heavy atom. The Balaban J connectivity index is 3.01. The van der Waals surface area contributed by atoms with Gasteiger partial charge in [0.05, 0.1) is 5.69 Å². The van der Waals surface area contributed by atoms with Crippen LogP contribution in [0.4, 0.5) is 5.69 Å². The Kier molecular flexibility index (Phi) is 3.15. The number of nitrogens with zero attached hydrogens (tertiary/aromatic N) is 3. The van der Waals surface area contributed by atoms with E-state index < -0.39 is 0 Å². The predicted molar refractivity (Wildman–Crippen MR) is 45.2 cm³/mol. The maximum absolute atomic E-state index is 9.94. The molecule has 1 aromatic rings. The second-order valence-corrected chi connectivity index (χ2v) is 2.01. The highest BCUT2D eigenvalue weighted by Gasteiger charge is 2.00. The largest absolute Gasteiger partial charge is 0.260 e. The molecular weight excluding hydrogens is 170 g/mol. The van der Waals surface area contributed by atoms with Crippen molar-refractivity contribution < 1.29 is 9.59 Å². The lowest BCUT2D eigenvalue weighted by molar-refractivity contribution is 0.558. The third-order valence-electron chi connectivity index (χ3n) is 1.26. The molecule has 0 spiro atoms. The Bertz CT molecular complexity index is 346. The fraction of sp³-hybridized carbons (Fsp3) is 0. The zero-order valence-corrected chi connectivity index (χ0v) is 6.54. The summed E-state index contributed by atoms with van der Waals surface area (Å²) in [7, 11) is 0. The van der Waals surface area contributed by atoms with Gasteiger partial charge in [-0.1, -0.05) is 28.4 Å². The van der Waals surface area contributed by atoms with Crippen molar-refractivity contribution in [1.29, 1.82) is 0 Å². The Labute approximate surface area is 74.0 Å². The molecule has 0 fully saturated rings. The summed E-state index contributed by atoms with van der Waals surface area (Å²) in [5, 5.41) is 7.21. The number of hydrazone groups is 2. The normalized spacial score (nSPS) is 8.00. The molecule has 5 heteroatoms. The molecule has 0 heterocycles. The van der Waals surface area contributed by atoms with Crippen LogP contribution in [0.1, 0.15) is 0 Å². The SMILES string of the molecule is O=C=NN(N=C=O)c1ccccc1. The van der Waals surface area contributed by atoms with Gasteiger partial charge in [0, 0.05) is 0 Å². The van der Waals surface area contributed by atoms with E-state index in [1.54, 1.807) is 30.3 Å². The van der Waals surface area contributed by atoms with E-state index in [2.05, 4.69) is 10.2 Å². The highest BCUT2D eigenvalue weighted by Crippen LogP contribution is 2.12. The number of benzene rings is 1. The zero-order chi connectivity index (χ0) is 9.52. The Morgan fingerprint density at radius 1 is 1.00 bits per heavy atom. The molecule has 0 bridgehead atoms. The van der Waals surface area contributed by atoms with Crippen LogP contribution in [-0.2, 0) is 9.59 Å². The quantitative estimate of drug-likeness (QED) is 0.391. The van der Waals surface area contributed by atoms with Crippen LogP contribution in [0.3, 0.4) is 0 Å². The molecule has 0 radical (unpaired) electrons. The molecule has 0 unspecified atom stereocenters. The summed E-state index contributed by atoms with van der Waals surface area (Å²) >= 11 is 0. The number of hydrogen-bond donors (Lipinski definition) is 0.